The van der Waals surface area contributed by atoms with Crippen LogP contribution in [-0.2, 0) is 4.74 Å². The first-order chi connectivity index (χ1) is 8.54. The van der Waals surface area contributed by atoms with Gasteiger partial charge in [-0.15, -0.1) is 0 Å². The summed E-state index contributed by atoms with van der Waals surface area (Å²) in [7, 11) is 5.97. The Morgan fingerprint density at radius 1 is 1.17 bits per heavy atom. The maximum absolute atomic E-state index is 10.8. The van der Waals surface area contributed by atoms with Crippen LogP contribution < -0.4 is 0 Å². The summed E-state index contributed by atoms with van der Waals surface area (Å²) in [6.07, 6.45) is 8.05. The van der Waals surface area contributed by atoms with Crippen molar-refractivity contribution < 1.29 is 9.84 Å². The van der Waals surface area contributed by atoms with Crippen molar-refractivity contribution in [1.29, 1.82) is 0 Å². The van der Waals surface area contributed by atoms with Crippen LogP contribution in [0.2, 0.25) is 0 Å². The van der Waals surface area contributed by atoms with Gasteiger partial charge in [0, 0.05) is 19.3 Å². The quantitative estimate of drug-likeness (QED) is 0.743. The average Bonchev–Trinajstić information content (AvgIpc) is 2.61. The second-order valence-corrected chi connectivity index (χ2v) is 6.12. The minimum atomic E-state index is -0.249. The zero-order valence-electron chi connectivity index (χ0n) is 12.6. The lowest BCUT2D eigenvalue weighted by atomic mass is 9.77. The van der Waals surface area contributed by atoms with E-state index in [4.69, 9.17) is 4.74 Å². The van der Waals surface area contributed by atoms with Gasteiger partial charge in [-0.1, -0.05) is 32.6 Å². The summed E-state index contributed by atoms with van der Waals surface area (Å²) >= 11 is 0. The Bertz CT molecular complexity index is 223. The molecular weight excluding hydrogens is 226 g/mol. The van der Waals surface area contributed by atoms with Crippen molar-refractivity contribution in [2.45, 2.75) is 63.5 Å². The predicted molar refractivity (Wildman–Crippen MR) is 75.8 cm³/mol. The van der Waals surface area contributed by atoms with Crippen molar-refractivity contribution in [3.8, 4) is 0 Å². The first kappa shape index (κ1) is 15.9. The fourth-order valence-electron chi connectivity index (χ4n) is 3.34. The van der Waals surface area contributed by atoms with Crippen LogP contribution in [0.1, 0.15) is 51.9 Å². The van der Waals surface area contributed by atoms with Gasteiger partial charge in [0.25, 0.3) is 0 Å². The van der Waals surface area contributed by atoms with Crippen LogP contribution in [0.25, 0.3) is 0 Å². The fraction of sp³-hybridized carbons (Fsp3) is 1.00. The molecule has 0 spiro atoms. The minimum Gasteiger partial charge on any atom is -0.391 e. The van der Waals surface area contributed by atoms with Crippen molar-refractivity contribution >= 4 is 0 Å². The summed E-state index contributed by atoms with van der Waals surface area (Å²) in [5.74, 6) is 0.297. The molecular formula is C15H31NO2. The number of hydrogen-bond acceptors (Lipinski definition) is 3. The normalized spacial score (nSPS) is 23.7. The van der Waals surface area contributed by atoms with Gasteiger partial charge in [0.1, 0.15) is 0 Å². The third-order valence-electron chi connectivity index (χ3n) is 4.73. The summed E-state index contributed by atoms with van der Waals surface area (Å²) in [5.41, 5.74) is -0.0241. The van der Waals surface area contributed by atoms with E-state index in [0.29, 0.717) is 5.92 Å². The highest BCUT2D eigenvalue weighted by Gasteiger charge is 2.42. The number of ether oxygens (including phenoxy) is 1. The van der Waals surface area contributed by atoms with Gasteiger partial charge >= 0.3 is 0 Å². The fourth-order valence-corrected chi connectivity index (χ4v) is 3.34. The van der Waals surface area contributed by atoms with Crippen LogP contribution in [0.5, 0.6) is 0 Å². The summed E-state index contributed by atoms with van der Waals surface area (Å²) in [6.45, 7) is 2.89. The van der Waals surface area contributed by atoms with Crippen LogP contribution in [0.4, 0.5) is 0 Å². The van der Waals surface area contributed by atoms with Gasteiger partial charge in [-0.3, -0.25) is 0 Å². The SMILES string of the molecule is COCCC(C)C(O)C1(N(C)C)CCCCCC1. The van der Waals surface area contributed by atoms with Gasteiger partial charge in [-0.05, 0) is 39.3 Å². The molecule has 0 aromatic heterocycles. The molecule has 1 saturated carbocycles. The third kappa shape index (κ3) is 3.69. The second-order valence-electron chi connectivity index (χ2n) is 6.12. The standard InChI is InChI=1S/C15H31NO2/c1-13(9-12-18-4)14(17)15(16(2)3)10-7-5-6-8-11-15/h13-14,17H,5-12H2,1-4H3. The summed E-state index contributed by atoms with van der Waals surface area (Å²) in [4.78, 5) is 2.27. The maximum atomic E-state index is 10.8. The summed E-state index contributed by atoms with van der Waals surface area (Å²) in [6, 6.07) is 0. The number of aliphatic hydroxyl groups excluding tert-OH is 1. The predicted octanol–water partition coefficient (Wildman–Crippen LogP) is 2.67. The van der Waals surface area contributed by atoms with Crippen molar-refractivity contribution in [2.75, 3.05) is 27.8 Å². The molecule has 18 heavy (non-hydrogen) atoms. The molecule has 0 saturated heterocycles. The number of nitrogens with zero attached hydrogens (tertiary/aromatic N) is 1. The van der Waals surface area contributed by atoms with Crippen molar-refractivity contribution in [3.63, 3.8) is 0 Å². The maximum Gasteiger partial charge on any atom is 0.0749 e. The Kier molecular flexibility index (Phi) is 6.61. The molecule has 0 radical (unpaired) electrons. The van der Waals surface area contributed by atoms with Gasteiger partial charge in [0.15, 0.2) is 0 Å². The average molecular weight is 257 g/mol. The molecule has 1 aliphatic rings. The first-order valence-electron chi connectivity index (χ1n) is 7.39. The van der Waals surface area contributed by atoms with E-state index in [0.717, 1.165) is 25.9 Å². The molecule has 2 unspecified atom stereocenters. The molecule has 2 atom stereocenters. The van der Waals surface area contributed by atoms with Crippen molar-refractivity contribution in [3.05, 3.63) is 0 Å². The van der Waals surface area contributed by atoms with Crippen LogP contribution in [0.15, 0.2) is 0 Å². The lowest BCUT2D eigenvalue weighted by molar-refractivity contribution is -0.0524. The van der Waals surface area contributed by atoms with E-state index < -0.39 is 0 Å². The van der Waals surface area contributed by atoms with E-state index in [1.165, 1.54) is 25.7 Å². The third-order valence-corrected chi connectivity index (χ3v) is 4.73. The lowest BCUT2D eigenvalue weighted by Gasteiger charge is -2.45. The molecule has 3 heteroatoms. The molecule has 1 rings (SSSR count). The molecule has 0 aliphatic heterocycles. The Hall–Kier alpha value is -0.120. The smallest absolute Gasteiger partial charge is 0.0749 e. The minimum absolute atomic E-state index is 0.0241. The molecule has 1 fully saturated rings. The second kappa shape index (κ2) is 7.46. The van der Waals surface area contributed by atoms with Gasteiger partial charge in [-0.2, -0.15) is 0 Å². The van der Waals surface area contributed by atoms with Crippen LogP contribution >= 0.6 is 0 Å². The largest absolute Gasteiger partial charge is 0.391 e. The molecule has 1 N–H and O–H groups in total. The Balaban J connectivity index is 2.75. The molecule has 1 aliphatic carbocycles. The monoisotopic (exact) mass is 257 g/mol. The van der Waals surface area contributed by atoms with E-state index in [1.807, 2.05) is 0 Å². The molecule has 0 aromatic rings. The molecule has 0 amide bonds. The number of likely N-dealkylation sites (N-methyl/N-ethyl adjacent to an activating group) is 1. The Morgan fingerprint density at radius 3 is 2.17 bits per heavy atom. The first-order valence-corrected chi connectivity index (χ1v) is 7.39. The van der Waals surface area contributed by atoms with Crippen LogP contribution in [0, 0.1) is 5.92 Å². The molecule has 0 bridgehead atoms. The highest BCUT2D eigenvalue weighted by atomic mass is 16.5. The topological polar surface area (TPSA) is 32.7 Å². The number of aliphatic hydroxyl groups is 1. The van der Waals surface area contributed by atoms with Crippen molar-refractivity contribution in [2.24, 2.45) is 5.92 Å². The Morgan fingerprint density at radius 2 is 1.72 bits per heavy atom. The van der Waals surface area contributed by atoms with Gasteiger partial charge in [0.2, 0.25) is 0 Å². The van der Waals surface area contributed by atoms with E-state index >= 15 is 0 Å². The number of methoxy groups -OCH3 is 1. The number of rotatable bonds is 6. The van der Waals surface area contributed by atoms with Gasteiger partial charge in [-0.25, -0.2) is 0 Å². The van der Waals surface area contributed by atoms with Crippen LogP contribution in [-0.4, -0.2) is 49.5 Å². The molecule has 3 nitrogen and oxygen atoms in total. The molecule has 0 heterocycles. The summed E-state index contributed by atoms with van der Waals surface area (Å²) in [5, 5.41) is 10.8. The van der Waals surface area contributed by atoms with Gasteiger partial charge < -0.3 is 14.7 Å². The van der Waals surface area contributed by atoms with Crippen LogP contribution in [0.3, 0.4) is 0 Å². The van der Waals surface area contributed by atoms with E-state index in [9.17, 15) is 5.11 Å². The van der Waals surface area contributed by atoms with Crippen molar-refractivity contribution in [1.82, 2.24) is 4.90 Å². The van der Waals surface area contributed by atoms with E-state index in [1.54, 1.807) is 7.11 Å². The molecule has 0 aromatic carbocycles. The van der Waals surface area contributed by atoms with E-state index in [-0.39, 0.29) is 11.6 Å². The Labute approximate surface area is 113 Å². The number of hydrogen-bond donors (Lipinski definition) is 1. The van der Waals surface area contributed by atoms with E-state index in [2.05, 4.69) is 25.9 Å². The molecule has 108 valence electrons. The lowest BCUT2D eigenvalue weighted by Crippen LogP contribution is -2.55. The highest BCUT2D eigenvalue weighted by Crippen LogP contribution is 2.37. The highest BCUT2D eigenvalue weighted by molar-refractivity contribution is 4.97. The van der Waals surface area contributed by atoms with Gasteiger partial charge in [0.05, 0.1) is 6.10 Å². The zero-order valence-corrected chi connectivity index (χ0v) is 12.6. The zero-order chi connectivity index (χ0) is 13.6. The summed E-state index contributed by atoms with van der Waals surface area (Å²) < 4.78 is 5.14.